The summed E-state index contributed by atoms with van der Waals surface area (Å²) in [5.74, 6) is -0.400. The van der Waals surface area contributed by atoms with Gasteiger partial charge in [0.05, 0.1) is 6.61 Å². The molecule has 1 atom stereocenters. The molecule has 1 N–H and O–H groups in total. The largest absolute Gasteiger partial charge is 0.458 e. The number of carbonyl (C=O) groups is 2. The van der Waals surface area contributed by atoms with Gasteiger partial charge in [-0.3, -0.25) is 0 Å². The van der Waals surface area contributed by atoms with Crippen molar-refractivity contribution in [2.45, 2.75) is 38.8 Å². The lowest BCUT2D eigenvalue weighted by molar-refractivity contribution is -0.147. The zero-order chi connectivity index (χ0) is 10.8. The fourth-order valence-corrected chi connectivity index (χ4v) is 1.39. The Labute approximate surface area is 82.8 Å². The van der Waals surface area contributed by atoms with E-state index in [0.29, 0.717) is 6.42 Å². The molecule has 5 nitrogen and oxygen atoms in total. The minimum Gasteiger partial charge on any atom is -0.458 e. The summed E-state index contributed by atoms with van der Waals surface area (Å²) >= 11 is 0. The number of amides is 1. The van der Waals surface area contributed by atoms with E-state index in [0.717, 1.165) is 0 Å². The van der Waals surface area contributed by atoms with Crippen LogP contribution in [0, 0.1) is 0 Å². The highest BCUT2D eigenvalue weighted by molar-refractivity contribution is 5.83. The lowest BCUT2D eigenvalue weighted by Gasteiger charge is -2.14. The third kappa shape index (κ3) is 2.61. The maximum absolute atomic E-state index is 11.2. The van der Waals surface area contributed by atoms with Crippen molar-refractivity contribution in [3.8, 4) is 0 Å². The highest BCUT2D eigenvalue weighted by Crippen LogP contribution is 2.25. The van der Waals surface area contributed by atoms with Gasteiger partial charge in [0.25, 0.3) is 0 Å². The molecule has 0 bridgehead atoms. The minimum absolute atomic E-state index is 0.289. The van der Waals surface area contributed by atoms with Gasteiger partial charge in [0.1, 0.15) is 11.6 Å². The zero-order valence-electron chi connectivity index (χ0n) is 8.62. The number of alkyl carbamates (subject to hydrolysis) is 1. The Morgan fingerprint density at radius 2 is 2.36 bits per heavy atom. The van der Waals surface area contributed by atoms with Crippen LogP contribution in [0.1, 0.15) is 27.2 Å². The molecule has 1 unspecified atom stereocenters. The van der Waals surface area contributed by atoms with Gasteiger partial charge in [-0.05, 0) is 20.8 Å². The molecule has 14 heavy (non-hydrogen) atoms. The number of hydrogen-bond acceptors (Lipinski definition) is 4. The molecule has 0 aromatic rings. The Kier molecular flexibility index (Phi) is 2.98. The van der Waals surface area contributed by atoms with Gasteiger partial charge in [-0.1, -0.05) is 0 Å². The molecular weight excluding hydrogens is 186 g/mol. The van der Waals surface area contributed by atoms with Crippen molar-refractivity contribution < 1.29 is 19.1 Å². The van der Waals surface area contributed by atoms with Gasteiger partial charge in [0.15, 0.2) is 0 Å². The molecule has 5 heteroatoms. The van der Waals surface area contributed by atoms with Crippen LogP contribution >= 0.6 is 0 Å². The highest BCUT2D eigenvalue weighted by atomic mass is 16.6. The average molecular weight is 201 g/mol. The van der Waals surface area contributed by atoms with E-state index in [1.165, 1.54) is 0 Å². The molecule has 0 aliphatic carbocycles. The van der Waals surface area contributed by atoms with E-state index in [1.54, 1.807) is 20.8 Å². The summed E-state index contributed by atoms with van der Waals surface area (Å²) in [4.78, 5) is 22.3. The zero-order valence-corrected chi connectivity index (χ0v) is 8.62. The lowest BCUT2D eigenvalue weighted by atomic mass is 10.0. The van der Waals surface area contributed by atoms with Crippen molar-refractivity contribution in [2.24, 2.45) is 0 Å². The molecule has 80 valence electrons. The Balaban J connectivity index is 2.47. The summed E-state index contributed by atoms with van der Waals surface area (Å²) in [6, 6.07) is -0.580. The summed E-state index contributed by atoms with van der Waals surface area (Å²) in [5.41, 5.74) is -0.499. The van der Waals surface area contributed by atoms with Gasteiger partial charge in [0.2, 0.25) is 0 Å². The van der Waals surface area contributed by atoms with Crippen molar-refractivity contribution in [3.05, 3.63) is 0 Å². The lowest BCUT2D eigenvalue weighted by Crippen LogP contribution is -2.38. The molecule has 1 amide bonds. The van der Waals surface area contributed by atoms with Crippen molar-refractivity contribution in [1.82, 2.24) is 5.32 Å². The number of hydrogen-bond donors (Lipinski definition) is 1. The van der Waals surface area contributed by atoms with Gasteiger partial charge in [-0.25, -0.2) is 9.59 Å². The summed E-state index contributed by atoms with van der Waals surface area (Å²) in [6.45, 7) is 5.60. The van der Waals surface area contributed by atoms with E-state index < -0.39 is 23.7 Å². The Morgan fingerprint density at radius 1 is 1.71 bits per heavy atom. The quantitative estimate of drug-likeness (QED) is 0.672. The first-order chi connectivity index (χ1) is 6.44. The third-order valence-electron chi connectivity index (χ3n) is 1.92. The second-order valence-electron chi connectivity index (χ2n) is 3.80. The van der Waals surface area contributed by atoms with E-state index in [2.05, 4.69) is 10.1 Å². The number of rotatable bonds is 2. The first kappa shape index (κ1) is 10.8. The van der Waals surface area contributed by atoms with Gasteiger partial charge in [-0.15, -0.1) is 0 Å². The Morgan fingerprint density at radius 3 is 2.79 bits per heavy atom. The molecule has 0 aromatic carbocycles. The highest BCUT2D eigenvalue weighted by Gasteiger charge is 2.40. The molecule has 1 rings (SSSR count). The summed E-state index contributed by atoms with van der Waals surface area (Å²) in [7, 11) is 0. The predicted octanol–water partition coefficient (Wildman–Crippen LogP) is 0.827. The molecular formula is C9H15NO4. The monoisotopic (exact) mass is 201 g/mol. The van der Waals surface area contributed by atoms with Gasteiger partial charge < -0.3 is 14.8 Å². The predicted molar refractivity (Wildman–Crippen MR) is 48.7 cm³/mol. The standard InChI is InChI=1S/C9H15NO4/c1-4-13-8(12)10-6-5-9(2,3)14-7(6)11/h6H,4-5H2,1-3H3,(H,10,12). The van der Waals surface area contributed by atoms with Gasteiger partial charge in [0, 0.05) is 6.42 Å². The normalized spacial score (nSPS) is 24.2. The molecule has 0 aromatic heterocycles. The van der Waals surface area contributed by atoms with Crippen LogP contribution in [0.15, 0.2) is 0 Å². The van der Waals surface area contributed by atoms with Crippen LogP contribution in [-0.2, 0) is 14.3 Å². The van der Waals surface area contributed by atoms with Crippen LogP contribution in [0.2, 0.25) is 0 Å². The average Bonchev–Trinajstić information content (AvgIpc) is 2.25. The van der Waals surface area contributed by atoms with Crippen LogP contribution in [0.4, 0.5) is 4.79 Å². The van der Waals surface area contributed by atoms with Crippen molar-refractivity contribution in [1.29, 1.82) is 0 Å². The number of carbonyl (C=O) groups excluding carboxylic acids is 2. The Bertz CT molecular complexity index is 249. The summed E-state index contributed by atoms with van der Waals surface area (Å²) < 4.78 is 9.69. The first-order valence-electron chi connectivity index (χ1n) is 4.61. The SMILES string of the molecule is CCOC(=O)NC1CC(C)(C)OC1=O. The van der Waals surface area contributed by atoms with E-state index in [1.807, 2.05) is 0 Å². The number of ether oxygens (including phenoxy) is 2. The second-order valence-corrected chi connectivity index (χ2v) is 3.80. The molecule has 1 aliphatic heterocycles. The van der Waals surface area contributed by atoms with E-state index >= 15 is 0 Å². The minimum atomic E-state index is -0.580. The molecule has 1 heterocycles. The Hall–Kier alpha value is -1.26. The van der Waals surface area contributed by atoms with Crippen molar-refractivity contribution in [3.63, 3.8) is 0 Å². The molecule has 1 aliphatic rings. The maximum atomic E-state index is 11.2. The van der Waals surface area contributed by atoms with Gasteiger partial charge >= 0.3 is 12.1 Å². The first-order valence-corrected chi connectivity index (χ1v) is 4.61. The molecule has 0 radical (unpaired) electrons. The molecule has 1 saturated heterocycles. The van der Waals surface area contributed by atoms with E-state index in [4.69, 9.17) is 4.74 Å². The maximum Gasteiger partial charge on any atom is 0.407 e. The third-order valence-corrected chi connectivity index (χ3v) is 1.92. The fraction of sp³-hybridized carbons (Fsp3) is 0.778. The number of esters is 1. The number of cyclic esters (lactones) is 1. The van der Waals surface area contributed by atoms with Crippen LogP contribution in [0.25, 0.3) is 0 Å². The van der Waals surface area contributed by atoms with Crippen molar-refractivity contribution in [2.75, 3.05) is 6.61 Å². The van der Waals surface area contributed by atoms with Crippen LogP contribution in [0.5, 0.6) is 0 Å². The van der Waals surface area contributed by atoms with Gasteiger partial charge in [-0.2, -0.15) is 0 Å². The molecule has 1 fully saturated rings. The van der Waals surface area contributed by atoms with Crippen molar-refractivity contribution >= 4 is 12.1 Å². The van der Waals surface area contributed by atoms with Crippen LogP contribution < -0.4 is 5.32 Å². The number of nitrogens with one attached hydrogen (secondary N) is 1. The molecule has 0 spiro atoms. The summed E-state index contributed by atoms with van der Waals surface area (Å²) in [6.07, 6.45) is -0.0999. The fourth-order valence-electron chi connectivity index (χ4n) is 1.39. The van der Waals surface area contributed by atoms with E-state index in [9.17, 15) is 9.59 Å². The van der Waals surface area contributed by atoms with Crippen LogP contribution in [0.3, 0.4) is 0 Å². The smallest absolute Gasteiger partial charge is 0.407 e. The second kappa shape index (κ2) is 3.86. The van der Waals surface area contributed by atoms with Crippen LogP contribution in [-0.4, -0.2) is 30.3 Å². The molecule has 0 saturated carbocycles. The topological polar surface area (TPSA) is 64.6 Å². The van der Waals surface area contributed by atoms with E-state index in [-0.39, 0.29) is 6.61 Å². The summed E-state index contributed by atoms with van der Waals surface area (Å²) in [5, 5.41) is 2.45.